The summed E-state index contributed by atoms with van der Waals surface area (Å²) >= 11 is 0. The van der Waals surface area contributed by atoms with E-state index in [2.05, 4.69) is 74.3 Å². The van der Waals surface area contributed by atoms with E-state index in [1.165, 1.54) is 28.8 Å². The number of hydrogen-bond acceptors (Lipinski definition) is 2. The van der Waals surface area contributed by atoms with Gasteiger partial charge in [-0.05, 0) is 41.7 Å². The molecule has 2 aromatic rings. The Morgan fingerprint density at radius 1 is 0.870 bits per heavy atom. The number of nitrogens with zero attached hydrogens (tertiary/aromatic N) is 1. The number of anilines is 1. The first-order chi connectivity index (χ1) is 11.1. The Kier molecular flexibility index (Phi) is 6.66. The normalized spacial score (nSPS) is 12.2. The van der Waals surface area contributed by atoms with Gasteiger partial charge < -0.3 is 10.6 Å². The van der Waals surface area contributed by atoms with Crippen molar-refractivity contribution in [2.75, 3.05) is 18.5 Å². The second kappa shape index (κ2) is 8.73. The Balaban J connectivity index is 2.03. The van der Waals surface area contributed by atoms with Gasteiger partial charge in [-0.2, -0.15) is 0 Å². The molecule has 0 spiro atoms. The Bertz CT molecular complexity index is 572. The molecule has 1 atom stereocenters. The summed E-state index contributed by atoms with van der Waals surface area (Å²) in [5.74, 6) is 0. The molecule has 2 heteroatoms. The fraction of sp³-hybridized carbons (Fsp3) is 0.429. The smallest absolute Gasteiger partial charge is 0.0364 e. The number of benzene rings is 2. The second-order valence-electron chi connectivity index (χ2n) is 6.42. The van der Waals surface area contributed by atoms with Crippen LogP contribution in [0.5, 0.6) is 0 Å². The number of hydrogen-bond donors (Lipinski definition) is 1. The molecule has 0 fully saturated rings. The van der Waals surface area contributed by atoms with Crippen LogP contribution in [0.2, 0.25) is 0 Å². The van der Waals surface area contributed by atoms with Gasteiger partial charge in [0.15, 0.2) is 0 Å². The fourth-order valence-electron chi connectivity index (χ4n) is 2.98. The second-order valence-corrected chi connectivity index (χ2v) is 6.42. The summed E-state index contributed by atoms with van der Waals surface area (Å²) in [5.41, 5.74) is 11.3. The van der Waals surface area contributed by atoms with E-state index in [4.69, 9.17) is 5.73 Å². The van der Waals surface area contributed by atoms with Crippen LogP contribution in [-0.2, 0) is 6.42 Å². The van der Waals surface area contributed by atoms with Gasteiger partial charge in [-0.15, -0.1) is 0 Å². The SMILES string of the molecule is CCCc1ccc(-c2ccc(N(C)C[C@@H](N)CCC)cc2)cc1. The van der Waals surface area contributed by atoms with Crippen molar-refractivity contribution >= 4 is 5.69 Å². The minimum atomic E-state index is 0.246. The quantitative estimate of drug-likeness (QED) is 0.753. The van der Waals surface area contributed by atoms with E-state index >= 15 is 0 Å². The molecule has 0 aliphatic heterocycles. The molecule has 0 saturated carbocycles. The van der Waals surface area contributed by atoms with Gasteiger partial charge in [-0.3, -0.25) is 0 Å². The summed E-state index contributed by atoms with van der Waals surface area (Å²) in [6.45, 7) is 5.30. The molecule has 2 aromatic carbocycles. The van der Waals surface area contributed by atoms with Crippen LogP contribution in [0.25, 0.3) is 11.1 Å². The maximum absolute atomic E-state index is 6.14. The van der Waals surface area contributed by atoms with E-state index in [0.29, 0.717) is 0 Å². The topological polar surface area (TPSA) is 29.3 Å². The first kappa shape index (κ1) is 17.6. The first-order valence-electron chi connectivity index (χ1n) is 8.80. The van der Waals surface area contributed by atoms with Crippen LogP contribution in [0.4, 0.5) is 5.69 Å². The van der Waals surface area contributed by atoms with Gasteiger partial charge in [0.25, 0.3) is 0 Å². The third kappa shape index (κ3) is 5.11. The first-order valence-corrected chi connectivity index (χ1v) is 8.80. The van der Waals surface area contributed by atoms with E-state index < -0.39 is 0 Å². The third-order valence-corrected chi connectivity index (χ3v) is 4.30. The molecule has 0 amide bonds. The molecule has 0 unspecified atom stereocenters. The molecule has 0 saturated heterocycles. The molecular formula is C21H30N2. The molecule has 23 heavy (non-hydrogen) atoms. The minimum Gasteiger partial charge on any atom is -0.373 e. The predicted molar refractivity (Wildman–Crippen MR) is 102 cm³/mol. The Morgan fingerprint density at radius 3 is 1.96 bits per heavy atom. The highest BCUT2D eigenvalue weighted by molar-refractivity contribution is 5.66. The van der Waals surface area contributed by atoms with Gasteiger partial charge in [0.1, 0.15) is 0 Å². The van der Waals surface area contributed by atoms with Crippen LogP contribution in [0.1, 0.15) is 38.7 Å². The van der Waals surface area contributed by atoms with Crippen molar-refractivity contribution in [1.29, 1.82) is 0 Å². The largest absolute Gasteiger partial charge is 0.373 e. The van der Waals surface area contributed by atoms with Crippen LogP contribution < -0.4 is 10.6 Å². The van der Waals surface area contributed by atoms with E-state index in [1.54, 1.807) is 0 Å². The predicted octanol–water partition coefficient (Wildman–Crippen LogP) is 4.87. The van der Waals surface area contributed by atoms with Gasteiger partial charge in [0.2, 0.25) is 0 Å². The third-order valence-electron chi connectivity index (χ3n) is 4.30. The standard InChI is InChI=1S/C21H30N2/c1-4-6-17-8-10-18(11-9-17)19-12-14-21(15-13-19)23(3)16-20(22)7-5-2/h8-15,20H,4-7,16,22H2,1-3H3/t20-/m0/s1. The van der Waals surface area contributed by atoms with Crippen molar-refractivity contribution in [3.63, 3.8) is 0 Å². The zero-order valence-corrected chi connectivity index (χ0v) is 14.8. The molecule has 2 nitrogen and oxygen atoms in total. The van der Waals surface area contributed by atoms with E-state index in [0.717, 1.165) is 25.8 Å². The van der Waals surface area contributed by atoms with Crippen molar-refractivity contribution in [2.45, 2.75) is 45.6 Å². The van der Waals surface area contributed by atoms with Crippen molar-refractivity contribution in [2.24, 2.45) is 5.73 Å². The zero-order chi connectivity index (χ0) is 16.7. The van der Waals surface area contributed by atoms with Crippen molar-refractivity contribution < 1.29 is 0 Å². The molecule has 0 radical (unpaired) electrons. The zero-order valence-electron chi connectivity index (χ0n) is 14.8. The molecule has 0 aliphatic rings. The van der Waals surface area contributed by atoms with Crippen LogP contribution in [-0.4, -0.2) is 19.6 Å². The van der Waals surface area contributed by atoms with Crippen molar-refractivity contribution in [3.05, 3.63) is 54.1 Å². The van der Waals surface area contributed by atoms with Gasteiger partial charge in [0.05, 0.1) is 0 Å². The number of aryl methyl sites for hydroxylation is 1. The maximum Gasteiger partial charge on any atom is 0.0364 e. The van der Waals surface area contributed by atoms with Crippen LogP contribution >= 0.6 is 0 Å². The maximum atomic E-state index is 6.14. The van der Waals surface area contributed by atoms with Crippen molar-refractivity contribution in [3.8, 4) is 11.1 Å². The molecule has 0 heterocycles. The molecule has 0 bridgehead atoms. The molecule has 124 valence electrons. The molecule has 0 aromatic heterocycles. The molecular weight excluding hydrogens is 280 g/mol. The summed E-state index contributed by atoms with van der Waals surface area (Å²) in [5, 5.41) is 0. The number of likely N-dealkylation sites (N-methyl/N-ethyl adjacent to an activating group) is 1. The van der Waals surface area contributed by atoms with Crippen LogP contribution in [0.3, 0.4) is 0 Å². The lowest BCUT2D eigenvalue weighted by molar-refractivity contribution is 0.598. The molecule has 0 aliphatic carbocycles. The van der Waals surface area contributed by atoms with E-state index in [9.17, 15) is 0 Å². The van der Waals surface area contributed by atoms with Gasteiger partial charge >= 0.3 is 0 Å². The lowest BCUT2D eigenvalue weighted by Crippen LogP contribution is -2.35. The Hall–Kier alpha value is -1.80. The lowest BCUT2D eigenvalue weighted by atomic mass is 10.0. The van der Waals surface area contributed by atoms with Crippen molar-refractivity contribution in [1.82, 2.24) is 0 Å². The number of rotatable bonds is 8. The highest BCUT2D eigenvalue weighted by Gasteiger charge is 2.07. The summed E-state index contributed by atoms with van der Waals surface area (Å²) < 4.78 is 0. The van der Waals surface area contributed by atoms with E-state index in [1.807, 2.05) is 0 Å². The Labute approximate surface area is 141 Å². The monoisotopic (exact) mass is 310 g/mol. The minimum absolute atomic E-state index is 0.246. The summed E-state index contributed by atoms with van der Waals surface area (Å²) in [7, 11) is 2.12. The molecule has 2 N–H and O–H groups in total. The lowest BCUT2D eigenvalue weighted by Gasteiger charge is -2.23. The summed E-state index contributed by atoms with van der Waals surface area (Å²) in [6.07, 6.45) is 4.57. The fourth-order valence-corrected chi connectivity index (χ4v) is 2.98. The summed E-state index contributed by atoms with van der Waals surface area (Å²) in [4.78, 5) is 2.24. The average Bonchev–Trinajstić information content (AvgIpc) is 2.56. The summed E-state index contributed by atoms with van der Waals surface area (Å²) in [6, 6.07) is 17.9. The highest BCUT2D eigenvalue weighted by atomic mass is 15.1. The van der Waals surface area contributed by atoms with Gasteiger partial charge in [-0.1, -0.05) is 63.1 Å². The highest BCUT2D eigenvalue weighted by Crippen LogP contribution is 2.23. The van der Waals surface area contributed by atoms with E-state index in [-0.39, 0.29) is 6.04 Å². The van der Waals surface area contributed by atoms with Gasteiger partial charge in [0, 0.05) is 25.3 Å². The average molecular weight is 310 g/mol. The van der Waals surface area contributed by atoms with Crippen LogP contribution in [0, 0.1) is 0 Å². The number of nitrogens with two attached hydrogens (primary N) is 1. The molecule has 2 rings (SSSR count). The van der Waals surface area contributed by atoms with Gasteiger partial charge in [-0.25, -0.2) is 0 Å². The van der Waals surface area contributed by atoms with Crippen LogP contribution in [0.15, 0.2) is 48.5 Å². The Morgan fingerprint density at radius 2 is 1.43 bits per heavy atom.